The van der Waals surface area contributed by atoms with Crippen molar-refractivity contribution >= 4 is 0 Å². The Morgan fingerprint density at radius 2 is 2.24 bits per heavy atom. The second-order valence-corrected chi connectivity index (χ2v) is 6.03. The van der Waals surface area contributed by atoms with Gasteiger partial charge in [0.2, 0.25) is 0 Å². The molecule has 0 fully saturated rings. The van der Waals surface area contributed by atoms with Crippen LogP contribution < -0.4 is 5.32 Å². The van der Waals surface area contributed by atoms with E-state index in [2.05, 4.69) is 52.5 Å². The molecule has 112 valence electrons. The Bertz CT molecular complexity index is 584. The van der Waals surface area contributed by atoms with E-state index >= 15 is 0 Å². The molecule has 2 atom stereocenters. The smallest absolute Gasteiger partial charge is 0.0537 e. The summed E-state index contributed by atoms with van der Waals surface area (Å²) in [5.74, 6) is 0.609. The van der Waals surface area contributed by atoms with Crippen LogP contribution in [0.2, 0.25) is 0 Å². The second-order valence-electron chi connectivity index (χ2n) is 6.03. The van der Waals surface area contributed by atoms with Crippen molar-refractivity contribution in [2.45, 2.75) is 51.1 Å². The number of nitrogens with one attached hydrogen (secondary N) is 1. The number of rotatable bonds is 5. The third kappa shape index (κ3) is 3.03. The highest BCUT2D eigenvalue weighted by Crippen LogP contribution is 2.32. The van der Waals surface area contributed by atoms with E-state index in [1.165, 1.54) is 36.0 Å². The minimum atomic E-state index is 0.414. The van der Waals surface area contributed by atoms with Crippen LogP contribution in [0, 0.1) is 0 Å². The average Bonchev–Trinajstić information content (AvgIpc) is 2.97. The van der Waals surface area contributed by atoms with Crippen molar-refractivity contribution in [2.75, 3.05) is 7.05 Å². The van der Waals surface area contributed by atoms with Gasteiger partial charge in [0.05, 0.1) is 6.20 Å². The molecule has 2 unspecified atom stereocenters. The molecule has 1 aliphatic rings. The van der Waals surface area contributed by atoms with Crippen LogP contribution in [0.15, 0.2) is 36.7 Å². The van der Waals surface area contributed by atoms with Gasteiger partial charge in [-0.15, -0.1) is 0 Å². The summed E-state index contributed by atoms with van der Waals surface area (Å²) in [5.41, 5.74) is 4.35. The third-order valence-corrected chi connectivity index (χ3v) is 4.71. The van der Waals surface area contributed by atoms with Crippen molar-refractivity contribution in [3.63, 3.8) is 0 Å². The van der Waals surface area contributed by atoms with Crippen LogP contribution in [0.5, 0.6) is 0 Å². The van der Waals surface area contributed by atoms with Gasteiger partial charge < -0.3 is 5.32 Å². The van der Waals surface area contributed by atoms with Gasteiger partial charge in [0, 0.05) is 30.3 Å². The van der Waals surface area contributed by atoms with E-state index in [0.29, 0.717) is 12.0 Å². The van der Waals surface area contributed by atoms with Crippen LogP contribution in [0.3, 0.4) is 0 Å². The van der Waals surface area contributed by atoms with Crippen LogP contribution in [-0.2, 0) is 13.0 Å². The molecule has 1 aromatic heterocycles. The van der Waals surface area contributed by atoms with Crippen molar-refractivity contribution in [1.82, 2.24) is 15.1 Å². The van der Waals surface area contributed by atoms with Gasteiger partial charge in [-0.1, -0.05) is 31.2 Å². The first-order valence-corrected chi connectivity index (χ1v) is 8.09. The van der Waals surface area contributed by atoms with E-state index in [4.69, 9.17) is 0 Å². The molecule has 3 nitrogen and oxygen atoms in total. The van der Waals surface area contributed by atoms with Crippen molar-refractivity contribution in [2.24, 2.45) is 0 Å². The number of aromatic nitrogens is 2. The maximum atomic E-state index is 4.58. The van der Waals surface area contributed by atoms with Gasteiger partial charge in [0.15, 0.2) is 0 Å². The Morgan fingerprint density at radius 3 is 3.05 bits per heavy atom. The van der Waals surface area contributed by atoms with Gasteiger partial charge in [0.1, 0.15) is 0 Å². The molecule has 0 radical (unpaired) electrons. The lowest BCUT2D eigenvalue weighted by molar-refractivity contribution is 0.456. The van der Waals surface area contributed by atoms with Crippen molar-refractivity contribution in [3.8, 4) is 0 Å². The molecule has 2 aromatic rings. The standard InChI is InChI=1S/C18H25N3/c1-3-18(19-2)16-11-20-21(13-16)12-15-9-6-8-14-7-4-5-10-17(14)15/h4-5,7,10-11,13,15,18-19H,3,6,8-9,12H2,1-2H3. The van der Waals surface area contributed by atoms with Gasteiger partial charge in [-0.2, -0.15) is 5.10 Å². The number of hydrogen-bond donors (Lipinski definition) is 1. The molecular weight excluding hydrogens is 258 g/mol. The lowest BCUT2D eigenvalue weighted by Crippen LogP contribution is -2.16. The summed E-state index contributed by atoms with van der Waals surface area (Å²) in [6.07, 6.45) is 9.11. The fourth-order valence-electron chi connectivity index (χ4n) is 3.54. The predicted molar refractivity (Wildman–Crippen MR) is 86.4 cm³/mol. The molecule has 0 saturated heterocycles. The molecule has 3 heteroatoms. The molecular formula is C18H25N3. The summed E-state index contributed by atoms with van der Waals surface area (Å²) < 4.78 is 2.13. The Balaban J connectivity index is 1.76. The summed E-state index contributed by atoms with van der Waals surface area (Å²) in [6, 6.07) is 9.32. The highest BCUT2D eigenvalue weighted by atomic mass is 15.3. The number of nitrogens with zero attached hydrogens (tertiary/aromatic N) is 2. The molecule has 3 rings (SSSR count). The summed E-state index contributed by atoms with van der Waals surface area (Å²) in [6.45, 7) is 3.20. The molecule has 0 spiro atoms. The molecule has 1 N–H and O–H groups in total. The van der Waals surface area contributed by atoms with E-state index in [1.54, 1.807) is 0 Å². The lowest BCUT2D eigenvalue weighted by atomic mass is 9.83. The fourth-order valence-corrected chi connectivity index (χ4v) is 3.54. The zero-order valence-corrected chi connectivity index (χ0v) is 13.0. The van der Waals surface area contributed by atoms with Gasteiger partial charge >= 0.3 is 0 Å². The molecule has 1 aliphatic carbocycles. The largest absolute Gasteiger partial charge is 0.313 e. The van der Waals surface area contributed by atoms with E-state index in [9.17, 15) is 0 Å². The van der Waals surface area contributed by atoms with Crippen LogP contribution in [0.25, 0.3) is 0 Å². The topological polar surface area (TPSA) is 29.9 Å². The maximum absolute atomic E-state index is 4.58. The minimum Gasteiger partial charge on any atom is -0.313 e. The predicted octanol–water partition coefficient (Wildman–Crippen LogP) is 3.67. The van der Waals surface area contributed by atoms with Crippen LogP contribution >= 0.6 is 0 Å². The van der Waals surface area contributed by atoms with Crippen molar-refractivity contribution < 1.29 is 0 Å². The number of aryl methyl sites for hydroxylation is 1. The molecule has 0 bridgehead atoms. The van der Waals surface area contributed by atoms with E-state index < -0.39 is 0 Å². The normalized spacial score (nSPS) is 19.2. The summed E-state index contributed by atoms with van der Waals surface area (Å²) >= 11 is 0. The molecule has 0 saturated carbocycles. The molecule has 1 heterocycles. The molecule has 1 aromatic carbocycles. The first-order valence-electron chi connectivity index (χ1n) is 8.09. The average molecular weight is 283 g/mol. The van der Waals surface area contributed by atoms with E-state index in [-0.39, 0.29) is 0 Å². The highest BCUT2D eigenvalue weighted by molar-refractivity contribution is 5.32. The lowest BCUT2D eigenvalue weighted by Gasteiger charge is -2.25. The van der Waals surface area contributed by atoms with E-state index in [1.807, 2.05) is 13.2 Å². The van der Waals surface area contributed by atoms with Gasteiger partial charge in [-0.25, -0.2) is 0 Å². The van der Waals surface area contributed by atoms with Crippen molar-refractivity contribution in [3.05, 3.63) is 53.3 Å². The zero-order valence-electron chi connectivity index (χ0n) is 13.0. The third-order valence-electron chi connectivity index (χ3n) is 4.71. The first-order chi connectivity index (χ1) is 10.3. The Morgan fingerprint density at radius 1 is 1.38 bits per heavy atom. The Hall–Kier alpha value is -1.61. The molecule has 21 heavy (non-hydrogen) atoms. The van der Waals surface area contributed by atoms with Crippen LogP contribution in [0.1, 0.15) is 54.8 Å². The van der Waals surface area contributed by atoms with Crippen LogP contribution in [0.4, 0.5) is 0 Å². The molecule has 0 amide bonds. The van der Waals surface area contributed by atoms with Gasteiger partial charge in [-0.3, -0.25) is 4.68 Å². The number of benzene rings is 1. The monoisotopic (exact) mass is 283 g/mol. The Labute approximate surface area is 127 Å². The fraction of sp³-hybridized carbons (Fsp3) is 0.500. The molecule has 0 aliphatic heterocycles. The van der Waals surface area contributed by atoms with E-state index in [0.717, 1.165) is 13.0 Å². The van der Waals surface area contributed by atoms with Gasteiger partial charge in [0.25, 0.3) is 0 Å². The number of hydrogen-bond acceptors (Lipinski definition) is 2. The second kappa shape index (κ2) is 6.44. The minimum absolute atomic E-state index is 0.414. The quantitative estimate of drug-likeness (QED) is 0.907. The maximum Gasteiger partial charge on any atom is 0.0537 e. The highest BCUT2D eigenvalue weighted by Gasteiger charge is 2.20. The van der Waals surface area contributed by atoms with Gasteiger partial charge in [-0.05, 0) is 43.9 Å². The van der Waals surface area contributed by atoms with Crippen molar-refractivity contribution in [1.29, 1.82) is 0 Å². The SMILES string of the molecule is CCC(NC)c1cnn(CC2CCCc3ccccc32)c1. The first kappa shape index (κ1) is 14.3. The summed E-state index contributed by atoms with van der Waals surface area (Å²) in [4.78, 5) is 0. The number of fused-ring (bicyclic) bond motifs is 1. The Kier molecular flexibility index (Phi) is 4.39. The van der Waals surface area contributed by atoms with Crippen LogP contribution in [-0.4, -0.2) is 16.8 Å². The summed E-state index contributed by atoms with van der Waals surface area (Å²) in [5, 5.41) is 7.92. The summed E-state index contributed by atoms with van der Waals surface area (Å²) in [7, 11) is 2.02. The zero-order chi connectivity index (χ0) is 14.7.